The number of carbonyl (C=O) groups excluding carboxylic acids is 2. The van der Waals surface area contributed by atoms with Crippen LogP contribution in [0.3, 0.4) is 0 Å². The quantitative estimate of drug-likeness (QED) is 0.443. The number of rotatable bonds is 7. The van der Waals surface area contributed by atoms with Crippen molar-refractivity contribution in [3.05, 3.63) is 63.7 Å². The van der Waals surface area contributed by atoms with Crippen LogP contribution in [0.1, 0.15) is 66.2 Å². The predicted octanol–water partition coefficient (Wildman–Crippen LogP) is 5.09. The van der Waals surface area contributed by atoms with E-state index >= 15 is 0 Å². The molecule has 0 aromatic heterocycles. The van der Waals surface area contributed by atoms with E-state index < -0.39 is 11.5 Å². The van der Waals surface area contributed by atoms with Gasteiger partial charge in [-0.2, -0.15) is 0 Å². The lowest BCUT2D eigenvalue weighted by molar-refractivity contribution is -0.153. The number of esters is 1. The number of ether oxygens (including phenoxy) is 2. The van der Waals surface area contributed by atoms with Crippen LogP contribution in [0.25, 0.3) is 0 Å². The van der Waals surface area contributed by atoms with Gasteiger partial charge in [-0.1, -0.05) is 43.5 Å². The van der Waals surface area contributed by atoms with E-state index in [0.717, 1.165) is 30.4 Å². The van der Waals surface area contributed by atoms with Crippen molar-refractivity contribution in [2.24, 2.45) is 0 Å². The highest BCUT2D eigenvalue weighted by molar-refractivity contribution is 6.30. The van der Waals surface area contributed by atoms with Crippen molar-refractivity contribution >= 4 is 23.5 Å². The zero-order valence-electron chi connectivity index (χ0n) is 18.2. The molecule has 1 amide bonds. The third-order valence-corrected chi connectivity index (χ3v) is 6.72. The number of fused-ring (bicyclic) bond motifs is 5. The molecular formula is C25H28ClNO4. The molecule has 2 aromatic rings. The molecule has 0 saturated carbocycles. The molecule has 31 heavy (non-hydrogen) atoms. The van der Waals surface area contributed by atoms with Gasteiger partial charge in [0.05, 0.1) is 19.8 Å². The molecule has 1 aliphatic heterocycles. The summed E-state index contributed by atoms with van der Waals surface area (Å²) in [6, 6.07) is 10.7. The molecule has 0 radical (unpaired) electrons. The van der Waals surface area contributed by atoms with Gasteiger partial charge in [-0.15, -0.1) is 0 Å². The van der Waals surface area contributed by atoms with Crippen LogP contribution in [0.2, 0.25) is 5.02 Å². The molecular weight excluding hydrogens is 414 g/mol. The van der Waals surface area contributed by atoms with E-state index in [-0.39, 0.29) is 18.5 Å². The second-order valence-corrected chi connectivity index (χ2v) is 8.67. The van der Waals surface area contributed by atoms with Crippen LogP contribution in [0.4, 0.5) is 0 Å². The van der Waals surface area contributed by atoms with Crippen molar-refractivity contribution in [1.82, 2.24) is 4.90 Å². The highest BCUT2D eigenvalue weighted by atomic mass is 35.5. The molecule has 2 aliphatic rings. The first-order valence-electron chi connectivity index (χ1n) is 10.9. The Kier molecular flexibility index (Phi) is 5.98. The van der Waals surface area contributed by atoms with Gasteiger partial charge in [0, 0.05) is 17.1 Å². The van der Waals surface area contributed by atoms with E-state index in [9.17, 15) is 9.59 Å². The standard InChI is InChI=1S/C25H28ClNO4/c1-4-6-7-12-27-22-19-10-8-17(26)13-16(19)15-25(22,24(29)31-5-2)21-11-9-18(30-3)14-20(21)23(27)28/h8-11,13-14,22H,4-7,12,15H2,1-3H3/t22-,25+/m1/s1. The lowest BCUT2D eigenvalue weighted by Crippen LogP contribution is -2.55. The Bertz CT molecular complexity index is 1020. The minimum atomic E-state index is -0.995. The smallest absolute Gasteiger partial charge is 0.319 e. The fourth-order valence-electron chi connectivity index (χ4n) is 5.14. The minimum absolute atomic E-state index is 0.0715. The van der Waals surface area contributed by atoms with E-state index in [4.69, 9.17) is 21.1 Å². The predicted molar refractivity (Wildman–Crippen MR) is 120 cm³/mol. The normalized spacial score (nSPS) is 21.4. The highest BCUT2D eigenvalue weighted by Crippen LogP contribution is 2.56. The summed E-state index contributed by atoms with van der Waals surface area (Å²) in [4.78, 5) is 29.2. The fourth-order valence-corrected chi connectivity index (χ4v) is 5.33. The van der Waals surface area contributed by atoms with Crippen molar-refractivity contribution < 1.29 is 19.1 Å². The van der Waals surface area contributed by atoms with Crippen LogP contribution in [-0.2, 0) is 21.4 Å². The van der Waals surface area contributed by atoms with Gasteiger partial charge in [-0.3, -0.25) is 9.59 Å². The van der Waals surface area contributed by atoms with Crippen molar-refractivity contribution in [2.75, 3.05) is 20.3 Å². The summed E-state index contributed by atoms with van der Waals surface area (Å²) in [5.74, 6) is 0.223. The van der Waals surface area contributed by atoms with E-state index in [1.165, 1.54) is 0 Å². The number of amides is 1. The van der Waals surface area contributed by atoms with Gasteiger partial charge in [0.1, 0.15) is 11.2 Å². The van der Waals surface area contributed by atoms with Crippen molar-refractivity contribution in [3.8, 4) is 5.75 Å². The number of carbonyl (C=O) groups is 2. The van der Waals surface area contributed by atoms with Gasteiger partial charge in [0.2, 0.25) is 0 Å². The molecule has 0 bridgehead atoms. The summed E-state index contributed by atoms with van der Waals surface area (Å²) in [6.07, 6.45) is 3.39. The summed E-state index contributed by atoms with van der Waals surface area (Å²) >= 11 is 6.30. The molecule has 2 aromatic carbocycles. The minimum Gasteiger partial charge on any atom is -0.497 e. The Morgan fingerprint density at radius 3 is 2.71 bits per heavy atom. The summed E-state index contributed by atoms with van der Waals surface area (Å²) in [6.45, 7) is 4.80. The summed E-state index contributed by atoms with van der Waals surface area (Å²) in [7, 11) is 1.57. The fraction of sp³-hybridized carbons (Fsp3) is 0.440. The van der Waals surface area contributed by atoms with Gasteiger partial charge in [0.25, 0.3) is 5.91 Å². The van der Waals surface area contributed by atoms with Gasteiger partial charge in [-0.05, 0) is 60.7 Å². The number of hydrogen-bond acceptors (Lipinski definition) is 4. The maximum atomic E-state index is 13.7. The van der Waals surface area contributed by atoms with Crippen molar-refractivity contribution in [2.45, 2.75) is 51.0 Å². The molecule has 0 fully saturated rings. The third kappa shape index (κ3) is 3.39. The number of benzene rings is 2. The zero-order chi connectivity index (χ0) is 22.2. The molecule has 0 N–H and O–H groups in total. The monoisotopic (exact) mass is 441 g/mol. The molecule has 0 spiro atoms. The second kappa shape index (κ2) is 8.54. The average molecular weight is 442 g/mol. The molecule has 1 aliphatic carbocycles. The molecule has 164 valence electrons. The van der Waals surface area contributed by atoms with E-state index in [1.807, 2.05) is 42.2 Å². The Balaban J connectivity index is 1.96. The number of methoxy groups -OCH3 is 1. The summed E-state index contributed by atoms with van der Waals surface area (Å²) in [5.41, 5.74) is 2.19. The van der Waals surface area contributed by atoms with Crippen LogP contribution in [0.15, 0.2) is 36.4 Å². The third-order valence-electron chi connectivity index (χ3n) is 6.49. The van der Waals surface area contributed by atoms with E-state index in [0.29, 0.717) is 34.9 Å². The van der Waals surface area contributed by atoms with Gasteiger partial charge in [-0.25, -0.2) is 0 Å². The van der Waals surface area contributed by atoms with Crippen LogP contribution in [0, 0.1) is 0 Å². The van der Waals surface area contributed by atoms with Crippen LogP contribution >= 0.6 is 11.6 Å². The second-order valence-electron chi connectivity index (χ2n) is 8.23. The maximum Gasteiger partial charge on any atom is 0.319 e. The zero-order valence-corrected chi connectivity index (χ0v) is 19.0. The summed E-state index contributed by atoms with van der Waals surface area (Å²) < 4.78 is 11.0. The number of halogens is 1. The van der Waals surface area contributed by atoms with Gasteiger partial charge >= 0.3 is 5.97 Å². The number of unbranched alkanes of at least 4 members (excludes halogenated alkanes) is 2. The Morgan fingerprint density at radius 1 is 1.19 bits per heavy atom. The summed E-state index contributed by atoms with van der Waals surface area (Å²) in [5, 5.41) is 0.621. The van der Waals surface area contributed by atoms with Crippen LogP contribution in [-0.4, -0.2) is 37.0 Å². The largest absolute Gasteiger partial charge is 0.497 e. The SMILES string of the molecule is CCCCCN1C(=O)c2cc(OC)ccc2[C@@]2(C(=O)OCC)Cc3cc(Cl)ccc3[C@@H]12. The molecule has 1 heterocycles. The first-order chi connectivity index (χ1) is 15.0. The lowest BCUT2D eigenvalue weighted by Gasteiger charge is -2.46. The average Bonchev–Trinajstić information content (AvgIpc) is 3.11. The van der Waals surface area contributed by atoms with Crippen LogP contribution in [0.5, 0.6) is 5.75 Å². The Labute approximate surface area is 188 Å². The first kappa shape index (κ1) is 21.7. The van der Waals surface area contributed by atoms with Crippen molar-refractivity contribution in [3.63, 3.8) is 0 Å². The maximum absolute atomic E-state index is 13.7. The Hall–Kier alpha value is -2.53. The number of nitrogens with zero attached hydrogens (tertiary/aromatic N) is 1. The number of hydrogen-bond donors (Lipinski definition) is 0. The van der Waals surface area contributed by atoms with E-state index in [1.54, 1.807) is 13.2 Å². The molecule has 0 saturated heterocycles. The molecule has 5 nitrogen and oxygen atoms in total. The van der Waals surface area contributed by atoms with Gasteiger partial charge in [0.15, 0.2) is 0 Å². The topological polar surface area (TPSA) is 55.8 Å². The lowest BCUT2D eigenvalue weighted by atomic mass is 9.69. The molecule has 2 atom stereocenters. The molecule has 4 rings (SSSR count). The molecule has 6 heteroatoms. The molecule has 0 unspecified atom stereocenters. The van der Waals surface area contributed by atoms with Crippen LogP contribution < -0.4 is 4.74 Å². The van der Waals surface area contributed by atoms with E-state index in [2.05, 4.69) is 6.92 Å². The highest BCUT2D eigenvalue weighted by Gasteiger charge is 2.61. The van der Waals surface area contributed by atoms with Crippen molar-refractivity contribution in [1.29, 1.82) is 0 Å². The Morgan fingerprint density at radius 2 is 2.00 bits per heavy atom. The van der Waals surface area contributed by atoms with Gasteiger partial charge < -0.3 is 14.4 Å². The first-order valence-corrected chi connectivity index (χ1v) is 11.3.